The molecular weight excluding hydrogens is 334 g/mol. The number of rotatable bonds is 5. The van der Waals surface area contributed by atoms with Crippen LogP contribution < -0.4 is 5.32 Å². The molecule has 3 rings (SSSR count). The molecule has 24 heavy (non-hydrogen) atoms. The Hall–Kier alpha value is -1.93. The smallest absolute Gasteiger partial charge is 0.329 e. The summed E-state index contributed by atoms with van der Waals surface area (Å²) in [6, 6.07) is 1.77. The van der Waals surface area contributed by atoms with E-state index in [0.717, 1.165) is 0 Å². The van der Waals surface area contributed by atoms with Gasteiger partial charge in [0.2, 0.25) is 0 Å². The lowest BCUT2D eigenvalue weighted by molar-refractivity contribution is -0.168. The zero-order valence-electron chi connectivity index (χ0n) is 13.3. The summed E-state index contributed by atoms with van der Waals surface area (Å²) in [7, 11) is 0. The quantitative estimate of drug-likeness (QED) is 0.683. The highest BCUT2D eigenvalue weighted by atomic mass is 32.1. The first kappa shape index (κ1) is 16.9. The maximum atomic E-state index is 12.8. The summed E-state index contributed by atoms with van der Waals surface area (Å²) in [5, 5.41) is 23.8. The van der Waals surface area contributed by atoms with Gasteiger partial charge in [0.05, 0.1) is 5.92 Å². The van der Waals surface area contributed by atoms with Gasteiger partial charge in [0.15, 0.2) is 11.6 Å². The van der Waals surface area contributed by atoms with Gasteiger partial charge in [-0.3, -0.25) is 9.59 Å². The first-order chi connectivity index (χ1) is 11.2. The molecule has 1 aromatic rings. The highest BCUT2D eigenvalue weighted by Gasteiger charge is 2.70. The highest BCUT2D eigenvalue weighted by molar-refractivity contribution is 7.10. The van der Waals surface area contributed by atoms with Crippen LogP contribution in [0.1, 0.15) is 37.7 Å². The van der Waals surface area contributed by atoms with E-state index in [-0.39, 0.29) is 5.92 Å². The van der Waals surface area contributed by atoms with Crippen LogP contribution in [-0.4, -0.2) is 39.7 Å². The van der Waals surface area contributed by atoms with Crippen LogP contribution in [0.3, 0.4) is 0 Å². The van der Waals surface area contributed by atoms with Gasteiger partial charge in [-0.25, -0.2) is 4.79 Å². The molecule has 1 aliphatic carbocycles. The van der Waals surface area contributed by atoms with Gasteiger partial charge < -0.3 is 20.3 Å². The van der Waals surface area contributed by atoms with Gasteiger partial charge in [0, 0.05) is 10.3 Å². The number of ether oxygens (including phenoxy) is 1. The Morgan fingerprint density at radius 3 is 2.62 bits per heavy atom. The monoisotopic (exact) mass is 353 g/mol. The SMILES string of the molecule is CC1(C)[C@H]2CC[C@]1(C(=O)N[C@H](C(=O)O)[C@H](O)c1cccs1)OC2=O. The molecule has 1 aliphatic heterocycles. The van der Waals surface area contributed by atoms with Crippen molar-refractivity contribution < 1.29 is 29.3 Å². The number of aliphatic hydroxyl groups excluding tert-OH is 1. The average molecular weight is 353 g/mol. The van der Waals surface area contributed by atoms with Crippen LogP contribution in [0.5, 0.6) is 0 Å². The number of carboxylic acid groups (broad SMARTS) is 1. The van der Waals surface area contributed by atoms with Gasteiger partial charge in [-0.1, -0.05) is 19.9 Å². The molecule has 1 amide bonds. The molecule has 130 valence electrons. The number of carboxylic acids is 1. The van der Waals surface area contributed by atoms with Gasteiger partial charge in [0.25, 0.3) is 5.91 Å². The van der Waals surface area contributed by atoms with Gasteiger partial charge in [-0.15, -0.1) is 11.3 Å². The summed E-state index contributed by atoms with van der Waals surface area (Å²) in [6.07, 6.45) is -0.492. The van der Waals surface area contributed by atoms with E-state index < -0.39 is 41.0 Å². The second kappa shape index (κ2) is 5.56. The minimum absolute atomic E-state index is 0.351. The van der Waals surface area contributed by atoms with Crippen LogP contribution >= 0.6 is 11.3 Å². The number of nitrogens with one attached hydrogen (secondary N) is 1. The molecule has 2 aliphatic rings. The van der Waals surface area contributed by atoms with Gasteiger partial charge in [-0.05, 0) is 24.3 Å². The molecule has 4 atom stereocenters. The Morgan fingerprint density at radius 2 is 2.17 bits per heavy atom. The number of hydrogen-bond donors (Lipinski definition) is 3. The molecule has 0 spiro atoms. The number of thiophene rings is 1. The first-order valence-electron chi connectivity index (χ1n) is 7.69. The van der Waals surface area contributed by atoms with E-state index in [1.165, 1.54) is 11.3 Å². The average Bonchev–Trinajstić information content (AvgIpc) is 3.16. The zero-order valence-corrected chi connectivity index (χ0v) is 14.1. The lowest BCUT2D eigenvalue weighted by Gasteiger charge is -2.35. The molecular formula is C16H19NO6S. The summed E-state index contributed by atoms with van der Waals surface area (Å²) in [5.74, 6) is -2.80. The molecule has 2 fully saturated rings. The number of carbonyl (C=O) groups is 3. The van der Waals surface area contributed by atoms with E-state index in [0.29, 0.717) is 17.7 Å². The first-order valence-corrected chi connectivity index (χ1v) is 8.57. The van der Waals surface area contributed by atoms with Gasteiger partial charge in [0.1, 0.15) is 6.10 Å². The van der Waals surface area contributed by atoms with Crippen molar-refractivity contribution in [2.24, 2.45) is 11.3 Å². The van der Waals surface area contributed by atoms with Crippen LogP contribution in [0.25, 0.3) is 0 Å². The standard InChI is InChI=1S/C16H19NO6S/c1-15(2)8-5-6-16(15,23-13(8)21)14(22)17-10(12(19)20)11(18)9-4-3-7-24-9/h3-4,7-8,10-11,18H,5-6H2,1-2H3,(H,17,22)(H,19,20)/t8-,10-,11+,16+/m0/s1. The van der Waals surface area contributed by atoms with Gasteiger partial charge >= 0.3 is 11.9 Å². The number of hydrogen-bond acceptors (Lipinski definition) is 6. The Balaban J connectivity index is 1.85. The predicted molar refractivity (Wildman–Crippen MR) is 84.2 cm³/mol. The number of carbonyl (C=O) groups excluding carboxylic acids is 2. The lowest BCUT2D eigenvalue weighted by Crippen LogP contribution is -2.57. The Kier molecular flexibility index (Phi) is 3.92. The van der Waals surface area contributed by atoms with E-state index in [1.54, 1.807) is 31.4 Å². The van der Waals surface area contributed by atoms with Crippen molar-refractivity contribution in [1.82, 2.24) is 5.32 Å². The molecule has 2 heterocycles. The maximum Gasteiger partial charge on any atom is 0.329 e. The topological polar surface area (TPSA) is 113 Å². The lowest BCUT2D eigenvalue weighted by atomic mass is 9.74. The van der Waals surface area contributed by atoms with Crippen molar-refractivity contribution in [2.45, 2.75) is 44.4 Å². The maximum absolute atomic E-state index is 12.8. The minimum Gasteiger partial charge on any atom is -0.480 e. The fraction of sp³-hybridized carbons (Fsp3) is 0.562. The van der Waals surface area contributed by atoms with E-state index in [4.69, 9.17) is 4.74 Å². The number of esters is 1. The van der Waals surface area contributed by atoms with Crippen molar-refractivity contribution in [1.29, 1.82) is 0 Å². The highest BCUT2D eigenvalue weighted by Crippen LogP contribution is 2.58. The van der Waals surface area contributed by atoms with E-state index in [2.05, 4.69) is 5.32 Å². The van der Waals surface area contributed by atoms with E-state index >= 15 is 0 Å². The molecule has 1 saturated carbocycles. The normalized spacial score (nSPS) is 29.8. The summed E-state index contributed by atoms with van der Waals surface area (Å²) in [4.78, 5) is 36.7. The van der Waals surface area contributed by atoms with Crippen LogP contribution in [0.15, 0.2) is 17.5 Å². The van der Waals surface area contributed by atoms with Crippen molar-refractivity contribution in [2.75, 3.05) is 0 Å². The minimum atomic E-state index is -1.51. The summed E-state index contributed by atoms with van der Waals surface area (Å²) in [5.41, 5.74) is -2.09. The Morgan fingerprint density at radius 1 is 1.46 bits per heavy atom. The zero-order chi connectivity index (χ0) is 17.7. The predicted octanol–water partition coefficient (Wildman–Crippen LogP) is 1.08. The van der Waals surface area contributed by atoms with E-state index in [9.17, 15) is 24.6 Å². The summed E-state index contributed by atoms with van der Waals surface area (Å²) < 4.78 is 5.35. The molecule has 0 aromatic carbocycles. The third-order valence-corrected chi connectivity index (χ3v) is 6.27. The summed E-state index contributed by atoms with van der Waals surface area (Å²) >= 11 is 1.20. The third kappa shape index (κ3) is 2.24. The van der Waals surface area contributed by atoms with Crippen molar-refractivity contribution in [3.8, 4) is 0 Å². The Bertz CT molecular complexity index is 685. The second-order valence-electron chi connectivity index (χ2n) is 6.81. The molecule has 2 bridgehead atoms. The molecule has 0 unspecified atom stereocenters. The van der Waals surface area contributed by atoms with Crippen molar-refractivity contribution in [3.63, 3.8) is 0 Å². The largest absolute Gasteiger partial charge is 0.480 e. The molecule has 1 saturated heterocycles. The number of amides is 1. The third-order valence-electron chi connectivity index (χ3n) is 5.33. The summed E-state index contributed by atoms with van der Waals surface area (Å²) in [6.45, 7) is 3.56. The van der Waals surface area contributed by atoms with Crippen LogP contribution in [-0.2, 0) is 19.1 Å². The molecule has 7 nitrogen and oxygen atoms in total. The molecule has 8 heteroatoms. The van der Waals surface area contributed by atoms with Crippen molar-refractivity contribution >= 4 is 29.2 Å². The molecule has 3 N–H and O–H groups in total. The van der Waals surface area contributed by atoms with Crippen LogP contribution in [0, 0.1) is 11.3 Å². The molecule has 1 aromatic heterocycles. The number of aliphatic hydroxyl groups is 1. The van der Waals surface area contributed by atoms with E-state index in [1.807, 2.05) is 0 Å². The second-order valence-corrected chi connectivity index (χ2v) is 7.79. The molecule has 0 radical (unpaired) electrons. The van der Waals surface area contributed by atoms with Crippen LogP contribution in [0.4, 0.5) is 0 Å². The fourth-order valence-electron chi connectivity index (χ4n) is 3.76. The van der Waals surface area contributed by atoms with Crippen LogP contribution in [0.2, 0.25) is 0 Å². The number of fused-ring (bicyclic) bond motifs is 2. The number of aliphatic carboxylic acids is 1. The van der Waals surface area contributed by atoms with Crippen molar-refractivity contribution in [3.05, 3.63) is 22.4 Å². The Labute approximate surface area is 142 Å². The fourth-order valence-corrected chi connectivity index (χ4v) is 4.51. The van der Waals surface area contributed by atoms with Gasteiger partial charge in [-0.2, -0.15) is 0 Å².